The van der Waals surface area contributed by atoms with E-state index in [1.807, 2.05) is 48.3 Å². The normalized spacial score (nSPS) is 17.5. The Morgan fingerprint density at radius 3 is 2.49 bits per heavy atom. The van der Waals surface area contributed by atoms with E-state index >= 15 is 0 Å². The smallest absolute Gasteiger partial charge is 0.337 e. The number of rotatable bonds is 10. The molecule has 1 aliphatic rings. The van der Waals surface area contributed by atoms with Crippen LogP contribution in [0.3, 0.4) is 0 Å². The molecule has 0 fully saturated rings. The van der Waals surface area contributed by atoms with Gasteiger partial charge in [0.05, 0.1) is 17.6 Å². The fourth-order valence-corrected chi connectivity index (χ4v) is 5.14. The predicted octanol–water partition coefficient (Wildman–Crippen LogP) is 5.03. The largest absolute Gasteiger partial charge is 0.468 e. The first kappa shape index (κ1) is 29.3. The summed E-state index contributed by atoms with van der Waals surface area (Å²) in [6.07, 6.45) is 2.59. The standard InChI is InChI=1S/C31H32N4O6/c1-20-27(30(36)40-4)29(23-12-8-14-25(16-23)35(38)39)28(21(2)33-20)31(37)41-26(24-13-9-15-32-17-24)19-34(3)18-22-10-6-5-7-11-22/h5-17,26-27,29H,18-19H2,1-4H3. The molecule has 41 heavy (non-hydrogen) atoms. The number of aliphatic imine (C=N–C) groups is 1. The first-order valence-electron chi connectivity index (χ1n) is 13.1. The van der Waals surface area contributed by atoms with Gasteiger partial charge in [0.2, 0.25) is 0 Å². The van der Waals surface area contributed by atoms with Crippen LogP contribution in [0.1, 0.15) is 42.6 Å². The molecule has 10 nitrogen and oxygen atoms in total. The third-order valence-electron chi connectivity index (χ3n) is 7.02. The molecule has 10 heteroatoms. The van der Waals surface area contributed by atoms with Crippen molar-refractivity contribution in [3.8, 4) is 0 Å². The van der Waals surface area contributed by atoms with Crippen molar-refractivity contribution in [3.05, 3.63) is 117 Å². The van der Waals surface area contributed by atoms with E-state index in [0.717, 1.165) is 5.56 Å². The Morgan fingerprint density at radius 1 is 1.07 bits per heavy atom. The average molecular weight is 557 g/mol. The van der Waals surface area contributed by atoms with E-state index in [0.29, 0.717) is 35.6 Å². The third kappa shape index (κ3) is 6.90. The second kappa shape index (κ2) is 13.1. The summed E-state index contributed by atoms with van der Waals surface area (Å²) in [5, 5.41) is 11.6. The van der Waals surface area contributed by atoms with E-state index in [1.165, 1.54) is 25.3 Å². The lowest BCUT2D eigenvalue weighted by molar-refractivity contribution is -0.384. The lowest BCUT2D eigenvalue weighted by Crippen LogP contribution is -2.37. The van der Waals surface area contributed by atoms with Crippen molar-refractivity contribution in [2.75, 3.05) is 20.7 Å². The highest BCUT2D eigenvalue weighted by atomic mass is 16.6. The first-order valence-corrected chi connectivity index (χ1v) is 13.1. The van der Waals surface area contributed by atoms with Crippen molar-refractivity contribution >= 4 is 23.3 Å². The highest BCUT2D eigenvalue weighted by Gasteiger charge is 2.43. The van der Waals surface area contributed by atoms with Gasteiger partial charge in [0.25, 0.3) is 5.69 Å². The van der Waals surface area contributed by atoms with Gasteiger partial charge in [-0.3, -0.25) is 29.8 Å². The van der Waals surface area contributed by atoms with E-state index in [1.54, 1.807) is 38.4 Å². The van der Waals surface area contributed by atoms with Gasteiger partial charge in [-0.25, -0.2) is 4.79 Å². The molecule has 3 atom stereocenters. The van der Waals surface area contributed by atoms with Crippen LogP contribution in [0.15, 0.2) is 95.4 Å². The second-order valence-corrected chi connectivity index (χ2v) is 9.95. The molecule has 1 aromatic heterocycles. The molecule has 0 saturated carbocycles. The SMILES string of the molecule is COC(=O)C1C(C)=NC(C)=C(C(=O)OC(CN(C)Cc2ccccc2)c2cccnc2)C1c1cccc([N+](=O)[O-])c1. The molecule has 0 aliphatic carbocycles. The number of pyridine rings is 1. The van der Waals surface area contributed by atoms with Crippen LogP contribution in [0, 0.1) is 16.0 Å². The second-order valence-electron chi connectivity index (χ2n) is 9.95. The number of nitrogens with zero attached hydrogens (tertiary/aromatic N) is 4. The summed E-state index contributed by atoms with van der Waals surface area (Å²) in [5.41, 5.74) is 3.01. The Kier molecular flexibility index (Phi) is 9.36. The Balaban J connectivity index is 1.71. The quantitative estimate of drug-likeness (QED) is 0.194. The molecule has 4 rings (SSSR count). The monoisotopic (exact) mass is 556 g/mol. The van der Waals surface area contributed by atoms with Gasteiger partial charge >= 0.3 is 11.9 Å². The van der Waals surface area contributed by atoms with E-state index in [9.17, 15) is 19.7 Å². The number of esters is 2. The average Bonchev–Trinajstić information content (AvgIpc) is 2.97. The minimum absolute atomic E-state index is 0.145. The van der Waals surface area contributed by atoms with Gasteiger partial charge in [0.1, 0.15) is 12.0 Å². The maximum Gasteiger partial charge on any atom is 0.337 e. The zero-order valence-electron chi connectivity index (χ0n) is 23.4. The van der Waals surface area contributed by atoms with E-state index in [-0.39, 0.29) is 11.3 Å². The van der Waals surface area contributed by atoms with Gasteiger partial charge in [0.15, 0.2) is 0 Å². The van der Waals surface area contributed by atoms with Crippen LogP contribution in [0.4, 0.5) is 5.69 Å². The van der Waals surface area contributed by atoms with Crippen LogP contribution in [-0.2, 0) is 25.6 Å². The molecular weight excluding hydrogens is 524 g/mol. The summed E-state index contributed by atoms with van der Waals surface area (Å²) in [6.45, 7) is 4.33. The summed E-state index contributed by atoms with van der Waals surface area (Å²) in [6, 6.07) is 19.4. The molecule has 0 amide bonds. The summed E-state index contributed by atoms with van der Waals surface area (Å²) in [7, 11) is 3.19. The number of allylic oxidation sites excluding steroid dienone is 1. The van der Waals surface area contributed by atoms with Crippen LogP contribution in [-0.4, -0.2) is 53.2 Å². The van der Waals surface area contributed by atoms with Gasteiger partial charge in [-0.1, -0.05) is 48.5 Å². The van der Waals surface area contributed by atoms with Crippen molar-refractivity contribution in [2.45, 2.75) is 32.4 Å². The van der Waals surface area contributed by atoms with Crippen molar-refractivity contribution in [1.82, 2.24) is 9.88 Å². The third-order valence-corrected chi connectivity index (χ3v) is 7.02. The number of ether oxygens (including phenoxy) is 2. The minimum Gasteiger partial charge on any atom is -0.468 e. The predicted molar refractivity (Wildman–Crippen MR) is 153 cm³/mol. The number of methoxy groups -OCH3 is 1. The summed E-state index contributed by atoms with van der Waals surface area (Å²) in [5.74, 6) is -3.15. The molecule has 0 saturated heterocycles. The zero-order chi connectivity index (χ0) is 29.5. The van der Waals surface area contributed by atoms with Crippen molar-refractivity contribution in [3.63, 3.8) is 0 Å². The number of nitro groups is 1. The van der Waals surface area contributed by atoms with Crippen LogP contribution in [0.2, 0.25) is 0 Å². The molecule has 0 bridgehead atoms. The number of carbonyl (C=O) groups excluding carboxylic acids is 2. The molecule has 3 unspecified atom stereocenters. The van der Waals surface area contributed by atoms with Crippen LogP contribution in [0.5, 0.6) is 0 Å². The lowest BCUT2D eigenvalue weighted by atomic mass is 9.75. The van der Waals surface area contributed by atoms with Gasteiger partial charge in [-0.2, -0.15) is 0 Å². The Hall–Kier alpha value is -4.70. The summed E-state index contributed by atoms with van der Waals surface area (Å²) >= 11 is 0. The number of non-ortho nitro benzene ring substituents is 1. The van der Waals surface area contributed by atoms with Crippen LogP contribution in [0.25, 0.3) is 0 Å². The number of nitro benzene ring substituents is 1. The van der Waals surface area contributed by atoms with Crippen molar-refractivity contribution in [1.29, 1.82) is 0 Å². The van der Waals surface area contributed by atoms with E-state index in [2.05, 4.69) is 9.98 Å². The fourth-order valence-electron chi connectivity index (χ4n) is 5.14. The number of aromatic nitrogens is 1. The van der Waals surface area contributed by atoms with Crippen molar-refractivity contribution < 1.29 is 24.0 Å². The Morgan fingerprint density at radius 2 is 1.83 bits per heavy atom. The molecule has 212 valence electrons. The van der Waals surface area contributed by atoms with Crippen LogP contribution >= 0.6 is 0 Å². The molecule has 0 spiro atoms. The maximum absolute atomic E-state index is 14.0. The van der Waals surface area contributed by atoms with E-state index in [4.69, 9.17) is 9.47 Å². The number of likely N-dealkylation sites (N-methyl/N-ethyl adjacent to an activating group) is 1. The number of hydrogen-bond acceptors (Lipinski definition) is 9. The summed E-state index contributed by atoms with van der Waals surface area (Å²) in [4.78, 5) is 48.8. The molecule has 0 radical (unpaired) electrons. The molecular formula is C31H32N4O6. The molecule has 3 aromatic rings. The zero-order valence-corrected chi connectivity index (χ0v) is 23.4. The topological polar surface area (TPSA) is 124 Å². The fraction of sp³-hybridized carbons (Fsp3) is 0.290. The Bertz CT molecular complexity index is 1470. The summed E-state index contributed by atoms with van der Waals surface area (Å²) < 4.78 is 11.2. The molecule has 1 aliphatic heterocycles. The van der Waals surface area contributed by atoms with Gasteiger partial charge in [0, 0.05) is 60.5 Å². The lowest BCUT2D eigenvalue weighted by Gasteiger charge is -2.32. The van der Waals surface area contributed by atoms with Gasteiger partial charge in [-0.15, -0.1) is 0 Å². The molecule has 2 heterocycles. The first-order chi connectivity index (χ1) is 19.7. The maximum atomic E-state index is 14.0. The van der Waals surface area contributed by atoms with Gasteiger partial charge in [-0.05, 0) is 38.1 Å². The number of hydrogen-bond donors (Lipinski definition) is 0. The van der Waals surface area contributed by atoms with E-state index < -0.39 is 34.8 Å². The Labute approximate surface area is 238 Å². The number of carbonyl (C=O) groups is 2. The highest BCUT2D eigenvalue weighted by molar-refractivity contribution is 6.07. The van der Waals surface area contributed by atoms with Crippen molar-refractivity contribution in [2.24, 2.45) is 10.9 Å². The highest BCUT2D eigenvalue weighted by Crippen LogP contribution is 2.41. The molecule has 2 aromatic carbocycles. The van der Waals surface area contributed by atoms with Gasteiger partial charge < -0.3 is 9.47 Å². The number of benzene rings is 2. The molecule has 0 N–H and O–H groups in total. The van der Waals surface area contributed by atoms with Crippen LogP contribution < -0.4 is 0 Å². The minimum atomic E-state index is -0.967.